The number of hydrogen-bond donors (Lipinski definition) is 1. The third-order valence-electron chi connectivity index (χ3n) is 5.51. The summed E-state index contributed by atoms with van der Waals surface area (Å²) in [5.74, 6) is -1.77. The summed E-state index contributed by atoms with van der Waals surface area (Å²) < 4.78 is 17.0. The van der Waals surface area contributed by atoms with Crippen LogP contribution in [0.3, 0.4) is 0 Å². The number of esters is 1. The van der Waals surface area contributed by atoms with E-state index in [0.29, 0.717) is 0 Å². The van der Waals surface area contributed by atoms with Crippen LogP contribution in [0.1, 0.15) is 25.7 Å². The van der Waals surface area contributed by atoms with Crippen molar-refractivity contribution in [2.75, 3.05) is 0 Å². The van der Waals surface area contributed by atoms with Gasteiger partial charge in [-0.3, -0.25) is 39.8 Å². The summed E-state index contributed by atoms with van der Waals surface area (Å²) in [6.07, 6.45) is 3.00. The molecule has 1 N–H and O–H groups in total. The van der Waals surface area contributed by atoms with E-state index >= 15 is 0 Å². The molecule has 0 fully saturated rings. The van der Waals surface area contributed by atoms with Crippen molar-refractivity contribution >= 4 is 45.1 Å². The van der Waals surface area contributed by atoms with Gasteiger partial charge in [-0.2, -0.15) is 0 Å². The number of carbonyl (C=O) groups excluding carboxylic acids is 1. The molecule has 14 nitrogen and oxygen atoms in total. The quantitative estimate of drug-likeness (QED) is 0.0875. The van der Waals surface area contributed by atoms with E-state index in [-0.39, 0.29) is 70.4 Å². The van der Waals surface area contributed by atoms with Crippen LogP contribution in [-0.4, -0.2) is 43.3 Å². The lowest BCUT2D eigenvalue weighted by molar-refractivity contribution is -0.383. The maximum Gasteiger partial charge on any atom is 0.408 e. The number of ether oxygens (including phenoxy) is 3. The number of benzene rings is 2. The Labute approximate surface area is 219 Å². The number of aliphatic carboxylic acids is 1. The van der Waals surface area contributed by atoms with E-state index in [1.165, 1.54) is 60.9 Å². The Morgan fingerprint density at radius 3 is 1.74 bits per heavy atom. The van der Waals surface area contributed by atoms with Gasteiger partial charge in [0.25, 0.3) is 11.4 Å². The van der Waals surface area contributed by atoms with Gasteiger partial charge in [-0.1, -0.05) is 0 Å². The molecular formula is C25H20N4O10. The van der Waals surface area contributed by atoms with Crippen molar-refractivity contribution in [3.05, 3.63) is 81.2 Å². The van der Waals surface area contributed by atoms with Crippen LogP contribution < -0.4 is 9.47 Å². The molecule has 2 aromatic heterocycles. The van der Waals surface area contributed by atoms with E-state index in [4.69, 9.17) is 19.3 Å². The number of pyridine rings is 2. The number of carboxylic acid groups (broad SMARTS) is 1. The molecule has 0 atom stereocenters. The van der Waals surface area contributed by atoms with Crippen molar-refractivity contribution in [1.82, 2.24) is 9.97 Å². The molecule has 2 aromatic carbocycles. The van der Waals surface area contributed by atoms with Crippen LogP contribution >= 0.6 is 0 Å². The Kier molecular flexibility index (Phi) is 8.04. The molecule has 0 unspecified atom stereocenters. The molecule has 2 heterocycles. The van der Waals surface area contributed by atoms with E-state index in [1.54, 1.807) is 0 Å². The predicted molar refractivity (Wildman–Crippen MR) is 134 cm³/mol. The molecule has 14 heteroatoms. The molecule has 0 aliphatic carbocycles. The number of hydrogen-bond acceptors (Lipinski definition) is 11. The topological polar surface area (TPSA) is 194 Å². The number of carbonyl (C=O) groups is 2. The standard InChI is InChI=1S/C25H20N4O10/c30-21(31)7-1-2-8-22(32)39-25(37-19-11-9-17(28(33)34)15-5-3-13-26-23(15)19)38-20-12-10-18(29(35)36)16-6-4-14-27-24(16)20/h3-6,9-14,25H,1-2,7-8H2,(H,30,31). The van der Waals surface area contributed by atoms with Gasteiger partial charge in [-0.15, -0.1) is 0 Å². The van der Waals surface area contributed by atoms with E-state index in [0.717, 1.165) is 0 Å². The number of nitro benzene ring substituents is 2. The lowest BCUT2D eigenvalue weighted by Gasteiger charge is -2.21. The number of rotatable bonds is 12. The van der Waals surface area contributed by atoms with E-state index < -0.39 is 28.3 Å². The summed E-state index contributed by atoms with van der Waals surface area (Å²) >= 11 is 0. The highest BCUT2D eigenvalue weighted by molar-refractivity contribution is 5.93. The highest BCUT2D eigenvalue weighted by Crippen LogP contribution is 2.34. The monoisotopic (exact) mass is 536 g/mol. The molecule has 200 valence electrons. The summed E-state index contributed by atoms with van der Waals surface area (Å²) in [5.41, 5.74) is -0.234. The van der Waals surface area contributed by atoms with Crippen LogP contribution in [0.5, 0.6) is 11.5 Å². The first-order valence-electron chi connectivity index (χ1n) is 11.5. The molecule has 4 aromatic rings. The zero-order chi connectivity index (χ0) is 27.9. The number of non-ortho nitro benzene ring substituents is 2. The maximum absolute atomic E-state index is 12.6. The third-order valence-corrected chi connectivity index (χ3v) is 5.51. The highest BCUT2D eigenvalue weighted by Gasteiger charge is 2.25. The van der Waals surface area contributed by atoms with Gasteiger partial charge in [0.1, 0.15) is 11.0 Å². The van der Waals surface area contributed by atoms with Crippen molar-refractivity contribution in [2.24, 2.45) is 0 Å². The molecule has 4 rings (SSSR count). The smallest absolute Gasteiger partial charge is 0.408 e. The zero-order valence-electron chi connectivity index (χ0n) is 20.1. The van der Waals surface area contributed by atoms with Gasteiger partial charge in [-0.05, 0) is 49.2 Å². The largest absolute Gasteiger partial charge is 0.481 e. The molecular weight excluding hydrogens is 516 g/mol. The van der Waals surface area contributed by atoms with E-state index in [1.807, 2.05) is 0 Å². The number of nitrogens with zero attached hydrogens (tertiary/aromatic N) is 4. The Morgan fingerprint density at radius 1 is 0.795 bits per heavy atom. The van der Waals surface area contributed by atoms with Crippen LogP contribution in [0.4, 0.5) is 11.4 Å². The van der Waals surface area contributed by atoms with E-state index in [9.17, 15) is 29.8 Å². The van der Waals surface area contributed by atoms with Crippen LogP contribution in [0, 0.1) is 20.2 Å². The SMILES string of the molecule is O=C(O)CCCCC(=O)OC(Oc1ccc([N+](=O)[O-])c2cccnc12)Oc1ccc([N+](=O)[O-])c2cccnc12. The second-order valence-electron chi connectivity index (χ2n) is 8.09. The zero-order valence-corrected chi connectivity index (χ0v) is 20.1. The average Bonchev–Trinajstić information content (AvgIpc) is 2.91. The number of nitro groups is 2. The maximum atomic E-state index is 12.6. The van der Waals surface area contributed by atoms with Crippen LogP contribution in [0.25, 0.3) is 21.8 Å². The molecule has 0 saturated carbocycles. The fraction of sp³-hybridized carbons (Fsp3) is 0.200. The molecule has 0 radical (unpaired) electrons. The summed E-state index contributed by atoms with van der Waals surface area (Å²) in [7, 11) is 0. The Hall–Kier alpha value is -5.40. The van der Waals surface area contributed by atoms with Gasteiger partial charge in [0.15, 0.2) is 11.5 Å². The fourth-order valence-electron chi connectivity index (χ4n) is 3.76. The number of unbranched alkanes of at least 4 members (excludes halogenated alkanes) is 1. The van der Waals surface area contributed by atoms with Crippen LogP contribution in [0.15, 0.2) is 60.9 Å². The van der Waals surface area contributed by atoms with Crippen molar-refractivity contribution in [3.8, 4) is 11.5 Å². The molecule has 0 saturated heterocycles. The third kappa shape index (κ3) is 6.30. The lowest BCUT2D eigenvalue weighted by atomic mass is 10.1. The van der Waals surface area contributed by atoms with Gasteiger partial charge in [-0.25, -0.2) is 0 Å². The predicted octanol–water partition coefficient (Wildman–Crippen LogP) is 4.53. The lowest BCUT2D eigenvalue weighted by Crippen LogP contribution is -2.30. The molecule has 39 heavy (non-hydrogen) atoms. The minimum Gasteiger partial charge on any atom is -0.481 e. The summed E-state index contributed by atoms with van der Waals surface area (Å²) in [5, 5.41) is 32.0. The summed E-state index contributed by atoms with van der Waals surface area (Å²) in [6.45, 7) is -1.75. The summed E-state index contributed by atoms with van der Waals surface area (Å²) in [6, 6.07) is 10.9. The van der Waals surface area contributed by atoms with Gasteiger partial charge in [0, 0.05) is 37.4 Å². The molecule has 0 aliphatic heterocycles. The highest BCUT2D eigenvalue weighted by atomic mass is 16.9. The minimum absolute atomic E-state index is 0.000876. The number of aromatic nitrogens is 2. The molecule has 0 spiro atoms. The molecule has 0 aliphatic rings. The van der Waals surface area contributed by atoms with Crippen molar-refractivity contribution in [2.45, 2.75) is 32.2 Å². The average molecular weight is 536 g/mol. The normalized spacial score (nSPS) is 10.9. The Morgan fingerprint density at radius 2 is 1.28 bits per heavy atom. The second kappa shape index (κ2) is 11.8. The van der Waals surface area contributed by atoms with Gasteiger partial charge in [0.2, 0.25) is 0 Å². The first-order valence-corrected chi connectivity index (χ1v) is 11.5. The Bertz CT molecular complexity index is 1480. The summed E-state index contributed by atoms with van der Waals surface area (Å²) in [4.78, 5) is 53.3. The van der Waals surface area contributed by atoms with Crippen molar-refractivity contribution in [1.29, 1.82) is 0 Å². The molecule has 0 amide bonds. The number of fused-ring (bicyclic) bond motifs is 2. The van der Waals surface area contributed by atoms with Crippen molar-refractivity contribution < 1.29 is 38.8 Å². The van der Waals surface area contributed by atoms with Crippen LogP contribution in [-0.2, 0) is 14.3 Å². The van der Waals surface area contributed by atoms with Gasteiger partial charge < -0.3 is 19.3 Å². The van der Waals surface area contributed by atoms with Crippen molar-refractivity contribution in [3.63, 3.8) is 0 Å². The second-order valence-corrected chi connectivity index (χ2v) is 8.09. The minimum atomic E-state index is -1.75. The fourth-order valence-corrected chi connectivity index (χ4v) is 3.76. The van der Waals surface area contributed by atoms with Gasteiger partial charge in [0.05, 0.1) is 20.6 Å². The van der Waals surface area contributed by atoms with Crippen LogP contribution in [0.2, 0.25) is 0 Å². The van der Waals surface area contributed by atoms with Gasteiger partial charge >= 0.3 is 18.4 Å². The van der Waals surface area contributed by atoms with E-state index in [2.05, 4.69) is 9.97 Å². The number of carboxylic acids is 1. The Balaban J connectivity index is 1.67. The first-order chi connectivity index (χ1) is 18.7. The first kappa shape index (κ1) is 26.7. The molecule has 0 bridgehead atoms.